The molecule has 0 amide bonds. The highest BCUT2D eigenvalue weighted by atomic mass is 28.4. The van der Waals surface area contributed by atoms with Gasteiger partial charge in [0.1, 0.15) is 0 Å². The van der Waals surface area contributed by atoms with Crippen LogP contribution < -0.4 is 0 Å². The Bertz CT molecular complexity index is 286. The van der Waals surface area contributed by atoms with Crippen molar-refractivity contribution in [2.75, 3.05) is 19.8 Å². The largest absolute Gasteiger partial charge is 0.500 e. The van der Waals surface area contributed by atoms with Crippen molar-refractivity contribution in [3.8, 4) is 0 Å². The third-order valence-corrected chi connectivity index (χ3v) is 5.52. The second-order valence-corrected chi connectivity index (χ2v) is 6.93. The van der Waals surface area contributed by atoms with Gasteiger partial charge >= 0.3 is 8.80 Å². The minimum atomic E-state index is -2.27. The smallest absolute Gasteiger partial charge is 0.374 e. The quantitative estimate of drug-likeness (QED) is 0.707. The maximum Gasteiger partial charge on any atom is 0.500 e. The third-order valence-electron chi connectivity index (χ3n) is 2.47. The van der Waals surface area contributed by atoms with Gasteiger partial charge in [0.25, 0.3) is 0 Å². The lowest BCUT2D eigenvalue weighted by Crippen LogP contribution is -2.45. The monoisotopic (exact) mass is 284 g/mol. The van der Waals surface area contributed by atoms with Crippen LogP contribution in [-0.4, -0.2) is 28.6 Å². The molecule has 0 aliphatic carbocycles. The van der Waals surface area contributed by atoms with Crippen LogP contribution >= 0.6 is 0 Å². The topological polar surface area (TPSA) is 27.7 Å². The van der Waals surface area contributed by atoms with Crippen LogP contribution in [0.3, 0.4) is 0 Å². The minimum Gasteiger partial charge on any atom is -0.374 e. The van der Waals surface area contributed by atoms with Gasteiger partial charge in [-0.2, -0.15) is 0 Å². The summed E-state index contributed by atoms with van der Waals surface area (Å²) in [5, 5.41) is 0. The van der Waals surface area contributed by atoms with Crippen molar-refractivity contribution in [2.45, 2.75) is 40.7 Å². The van der Waals surface area contributed by atoms with Crippen molar-refractivity contribution in [2.24, 2.45) is 0 Å². The van der Waals surface area contributed by atoms with Crippen molar-refractivity contribution >= 4 is 8.80 Å². The molecule has 1 aromatic carbocycles. The molecule has 110 valence electrons. The van der Waals surface area contributed by atoms with Crippen LogP contribution in [0.2, 0.25) is 6.04 Å². The van der Waals surface area contributed by atoms with Crippen LogP contribution in [0.1, 0.15) is 33.3 Å². The van der Waals surface area contributed by atoms with Gasteiger partial charge in [0, 0.05) is 25.9 Å². The highest BCUT2D eigenvalue weighted by Crippen LogP contribution is 2.14. The van der Waals surface area contributed by atoms with E-state index in [4.69, 9.17) is 13.3 Å². The fourth-order valence-corrected chi connectivity index (χ4v) is 3.81. The Morgan fingerprint density at radius 3 is 1.42 bits per heavy atom. The molecule has 0 fully saturated rings. The zero-order chi connectivity index (χ0) is 14.6. The predicted molar refractivity (Wildman–Crippen MR) is 82.3 cm³/mol. The Morgan fingerprint density at radius 1 is 0.789 bits per heavy atom. The van der Waals surface area contributed by atoms with Crippen LogP contribution in [0.25, 0.3) is 0 Å². The molecule has 0 unspecified atom stereocenters. The van der Waals surface area contributed by atoms with Gasteiger partial charge in [-0.05, 0) is 27.7 Å². The average molecular weight is 284 g/mol. The summed E-state index contributed by atoms with van der Waals surface area (Å²) in [7, 11) is -2.27. The molecule has 0 aliphatic heterocycles. The van der Waals surface area contributed by atoms with E-state index in [1.54, 1.807) is 0 Å². The molecule has 19 heavy (non-hydrogen) atoms. The molecule has 0 spiro atoms. The highest BCUT2D eigenvalue weighted by molar-refractivity contribution is 6.60. The fourth-order valence-electron chi connectivity index (χ4n) is 1.63. The van der Waals surface area contributed by atoms with Crippen LogP contribution in [0.4, 0.5) is 0 Å². The predicted octanol–water partition coefficient (Wildman–Crippen LogP) is 4.05. The lowest BCUT2D eigenvalue weighted by Gasteiger charge is -2.26. The van der Waals surface area contributed by atoms with Gasteiger partial charge in [0.15, 0.2) is 0 Å². The number of benzene rings is 1. The van der Waals surface area contributed by atoms with Crippen molar-refractivity contribution < 1.29 is 13.3 Å². The van der Waals surface area contributed by atoms with Crippen LogP contribution in [0, 0.1) is 6.92 Å². The minimum absolute atomic E-state index is 0.667. The lowest BCUT2D eigenvalue weighted by atomic mass is 10.2. The molecule has 0 heterocycles. The summed E-state index contributed by atoms with van der Waals surface area (Å²) in [6.07, 6.45) is 0. The van der Waals surface area contributed by atoms with E-state index in [1.807, 2.05) is 45.9 Å². The second kappa shape index (κ2) is 11.2. The van der Waals surface area contributed by atoms with Crippen LogP contribution in [0.15, 0.2) is 30.3 Å². The van der Waals surface area contributed by atoms with Crippen molar-refractivity contribution in [3.63, 3.8) is 0 Å². The number of aryl methyl sites for hydroxylation is 1. The number of hydrogen-bond acceptors (Lipinski definition) is 3. The Hall–Kier alpha value is -0.683. The van der Waals surface area contributed by atoms with Crippen molar-refractivity contribution in [3.05, 3.63) is 35.9 Å². The molecule has 4 heteroatoms. The van der Waals surface area contributed by atoms with E-state index in [-0.39, 0.29) is 0 Å². The summed E-state index contributed by atoms with van der Waals surface area (Å²) in [4.78, 5) is 0. The van der Waals surface area contributed by atoms with Crippen LogP contribution in [0.5, 0.6) is 0 Å². The molecule has 0 bridgehead atoms. The zero-order valence-electron chi connectivity index (χ0n) is 12.9. The molecule has 3 nitrogen and oxygen atoms in total. The molecule has 0 aromatic heterocycles. The maximum absolute atomic E-state index is 5.55. The molecular weight excluding hydrogens is 256 g/mol. The highest BCUT2D eigenvalue weighted by Gasteiger charge is 2.37. The first-order chi connectivity index (χ1) is 9.14. The summed E-state index contributed by atoms with van der Waals surface area (Å²) in [5.41, 5.74) is 1.32. The van der Waals surface area contributed by atoms with E-state index in [1.165, 1.54) is 5.56 Å². The van der Waals surface area contributed by atoms with Gasteiger partial charge < -0.3 is 13.3 Å². The third kappa shape index (κ3) is 8.16. The molecule has 0 N–H and O–H groups in total. The Balaban J connectivity index is 0.000000388. The molecule has 1 rings (SSSR count). The van der Waals surface area contributed by atoms with E-state index < -0.39 is 8.80 Å². The summed E-state index contributed by atoms with van der Waals surface area (Å²) in [6, 6.07) is 11.1. The maximum atomic E-state index is 5.55. The van der Waals surface area contributed by atoms with Gasteiger partial charge in [0.2, 0.25) is 0 Å². The molecule has 0 saturated carbocycles. The fraction of sp³-hybridized carbons (Fsp3) is 0.600. The first-order valence-corrected chi connectivity index (χ1v) is 9.00. The Labute approximate surface area is 119 Å². The molecule has 1 aromatic rings. The SMILES string of the molecule is CCO[Si](CC)(OCC)OCC.Cc1ccccc1. The summed E-state index contributed by atoms with van der Waals surface area (Å²) in [5.74, 6) is 0. The molecule has 0 saturated heterocycles. The normalized spacial score (nSPS) is 10.8. The van der Waals surface area contributed by atoms with Crippen molar-refractivity contribution in [1.82, 2.24) is 0 Å². The standard InChI is InChI=1S/C8H20O3Si.C7H8/c1-5-9-12(8-4,10-6-2)11-7-3;1-7-5-3-2-4-6-7/h5-8H2,1-4H3;2-6H,1H3. The number of hydrogen-bond donors (Lipinski definition) is 0. The molecule has 0 aliphatic rings. The van der Waals surface area contributed by atoms with Crippen LogP contribution in [-0.2, 0) is 13.3 Å². The van der Waals surface area contributed by atoms with Gasteiger partial charge in [-0.1, -0.05) is 42.8 Å². The zero-order valence-corrected chi connectivity index (χ0v) is 13.9. The van der Waals surface area contributed by atoms with Gasteiger partial charge in [-0.3, -0.25) is 0 Å². The van der Waals surface area contributed by atoms with Crippen molar-refractivity contribution in [1.29, 1.82) is 0 Å². The summed E-state index contributed by atoms with van der Waals surface area (Å²) >= 11 is 0. The average Bonchev–Trinajstić information content (AvgIpc) is 2.41. The van der Waals surface area contributed by atoms with E-state index in [0.29, 0.717) is 19.8 Å². The first kappa shape index (κ1) is 18.3. The van der Waals surface area contributed by atoms with Gasteiger partial charge in [-0.15, -0.1) is 0 Å². The van der Waals surface area contributed by atoms with E-state index in [2.05, 4.69) is 19.1 Å². The van der Waals surface area contributed by atoms with E-state index in [0.717, 1.165) is 6.04 Å². The molecule has 0 radical (unpaired) electrons. The Kier molecular flexibility index (Phi) is 10.8. The number of rotatable bonds is 7. The summed E-state index contributed by atoms with van der Waals surface area (Å²) in [6.45, 7) is 12.0. The van der Waals surface area contributed by atoms with Gasteiger partial charge in [0.05, 0.1) is 0 Å². The van der Waals surface area contributed by atoms with E-state index >= 15 is 0 Å². The van der Waals surface area contributed by atoms with E-state index in [9.17, 15) is 0 Å². The molecular formula is C15H28O3Si. The molecule has 0 atom stereocenters. The summed E-state index contributed by atoms with van der Waals surface area (Å²) < 4.78 is 16.7. The first-order valence-electron chi connectivity index (χ1n) is 7.07. The Morgan fingerprint density at radius 2 is 1.21 bits per heavy atom. The van der Waals surface area contributed by atoms with Gasteiger partial charge in [-0.25, -0.2) is 0 Å². The lowest BCUT2D eigenvalue weighted by molar-refractivity contribution is 0.0725. The second-order valence-electron chi connectivity index (χ2n) is 3.99.